The van der Waals surface area contributed by atoms with E-state index in [0.717, 1.165) is 32.5 Å². The van der Waals surface area contributed by atoms with E-state index in [2.05, 4.69) is 10.2 Å². The third-order valence-corrected chi connectivity index (χ3v) is 5.76. The molecule has 1 amide bonds. The Hall–Kier alpha value is -2.80. The fourth-order valence-electron chi connectivity index (χ4n) is 4.14. The first-order chi connectivity index (χ1) is 13.6. The number of rotatable bonds is 5. The molecule has 3 aliphatic heterocycles. The van der Waals surface area contributed by atoms with Crippen molar-refractivity contribution in [3.05, 3.63) is 52.4 Å². The minimum atomic E-state index is -0.227. The van der Waals surface area contributed by atoms with Crippen molar-refractivity contribution < 1.29 is 14.3 Å². The quantitative estimate of drug-likeness (QED) is 0.851. The van der Waals surface area contributed by atoms with E-state index in [-0.39, 0.29) is 17.5 Å². The summed E-state index contributed by atoms with van der Waals surface area (Å²) in [5.74, 6) is 1.54. The first-order valence-electron chi connectivity index (χ1n) is 9.57. The summed E-state index contributed by atoms with van der Waals surface area (Å²) in [6, 6.07) is 8.37. The molecule has 1 N–H and O–H groups in total. The van der Waals surface area contributed by atoms with Crippen molar-refractivity contribution >= 4 is 5.91 Å². The summed E-state index contributed by atoms with van der Waals surface area (Å²) < 4.78 is 12.0. The number of piperidine rings is 3. The van der Waals surface area contributed by atoms with Gasteiger partial charge >= 0.3 is 0 Å². The summed E-state index contributed by atoms with van der Waals surface area (Å²) >= 11 is 0. The third-order valence-electron chi connectivity index (χ3n) is 5.76. The summed E-state index contributed by atoms with van der Waals surface area (Å²) in [7, 11) is 3.11. The number of amides is 1. The predicted octanol–water partition coefficient (Wildman–Crippen LogP) is 1.68. The van der Waals surface area contributed by atoms with Gasteiger partial charge < -0.3 is 19.7 Å². The van der Waals surface area contributed by atoms with Crippen LogP contribution in [0.3, 0.4) is 0 Å². The Balaban J connectivity index is 1.60. The average molecular weight is 383 g/mol. The number of benzene rings is 1. The molecule has 1 aromatic carbocycles. The molecule has 2 bridgehead atoms. The Morgan fingerprint density at radius 3 is 2.32 bits per heavy atom. The number of nitrogens with one attached hydrogen (secondary N) is 1. The molecular weight excluding hydrogens is 358 g/mol. The normalized spacial score (nSPS) is 23.3. The van der Waals surface area contributed by atoms with Gasteiger partial charge in [-0.1, -0.05) is 0 Å². The Morgan fingerprint density at radius 1 is 1.07 bits per heavy atom. The highest BCUT2D eigenvalue weighted by molar-refractivity contribution is 5.94. The van der Waals surface area contributed by atoms with E-state index in [1.807, 2.05) is 0 Å². The summed E-state index contributed by atoms with van der Waals surface area (Å²) in [6.07, 6.45) is 3.84. The molecule has 5 rings (SSSR count). The molecule has 1 unspecified atom stereocenters. The molecule has 7 nitrogen and oxygen atoms in total. The summed E-state index contributed by atoms with van der Waals surface area (Å²) in [5.41, 5.74) is 0.811. The molecule has 148 valence electrons. The number of hydrogen-bond donors (Lipinski definition) is 1. The van der Waals surface area contributed by atoms with Gasteiger partial charge in [-0.15, -0.1) is 0 Å². The lowest BCUT2D eigenvalue weighted by Crippen LogP contribution is -2.57. The van der Waals surface area contributed by atoms with Crippen LogP contribution in [0.2, 0.25) is 0 Å². The second kappa shape index (κ2) is 7.67. The lowest BCUT2D eigenvalue weighted by Gasteiger charge is -2.44. The van der Waals surface area contributed by atoms with Crippen molar-refractivity contribution in [2.75, 3.05) is 33.9 Å². The SMILES string of the molecule is COc1cc(OC)cc(-n2cc(C(=O)NC3CN4CCC3CC4)ccc2=O)c1. The van der Waals surface area contributed by atoms with Crippen LogP contribution in [0.5, 0.6) is 11.5 Å². The highest BCUT2D eigenvalue weighted by atomic mass is 16.5. The molecule has 0 aliphatic carbocycles. The van der Waals surface area contributed by atoms with Crippen molar-refractivity contribution in [2.24, 2.45) is 5.92 Å². The first-order valence-corrected chi connectivity index (χ1v) is 9.57. The smallest absolute Gasteiger partial charge is 0.255 e. The highest BCUT2D eigenvalue weighted by Gasteiger charge is 2.35. The standard InChI is InChI=1S/C21H25N3O4/c1-27-17-9-16(10-18(11-17)28-2)24-12-15(3-4-20(24)25)21(26)22-19-13-23-7-5-14(19)6-8-23/h3-4,9-12,14,19H,5-8,13H2,1-2H3,(H,22,26). The van der Waals surface area contributed by atoms with E-state index >= 15 is 0 Å². The van der Waals surface area contributed by atoms with Crippen molar-refractivity contribution in [3.63, 3.8) is 0 Å². The molecule has 3 fully saturated rings. The maximum Gasteiger partial charge on any atom is 0.255 e. The fourth-order valence-corrected chi connectivity index (χ4v) is 4.14. The van der Waals surface area contributed by atoms with Crippen LogP contribution in [0.15, 0.2) is 41.3 Å². The van der Waals surface area contributed by atoms with Gasteiger partial charge in [-0.3, -0.25) is 14.2 Å². The number of aromatic nitrogens is 1. The molecule has 7 heteroatoms. The van der Waals surface area contributed by atoms with Crippen LogP contribution in [0.1, 0.15) is 23.2 Å². The molecule has 3 saturated heterocycles. The van der Waals surface area contributed by atoms with Gasteiger partial charge in [0.15, 0.2) is 0 Å². The van der Waals surface area contributed by atoms with Crippen LogP contribution in [-0.2, 0) is 0 Å². The molecule has 28 heavy (non-hydrogen) atoms. The van der Waals surface area contributed by atoms with Gasteiger partial charge in [-0.25, -0.2) is 0 Å². The van der Waals surface area contributed by atoms with Crippen LogP contribution in [0.25, 0.3) is 5.69 Å². The molecule has 1 aromatic heterocycles. The summed E-state index contributed by atoms with van der Waals surface area (Å²) in [5, 5.41) is 3.16. The van der Waals surface area contributed by atoms with Gasteiger partial charge in [0.05, 0.1) is 25.5 Å². The lowest BCUT2D eigenvalue weighted by molar-refractivity contribution is 0.0620. The van der Waals surface area contributed by atoms with E-state index in [1.54, 1.807) is 44.7 Å². The number of methoxy groups -OCH3 is 2. The van der Waals surface area contributed by atoms with Crippen LogP contribution in [0, 0.1) is 5.92 Å². The number of nitrogens with zero attached hydrogens (tertiary/aromatic N) is 2. The molecule has 1 atom stereocenters. The molecule has 0 saturated carbocycles. The maximum atomic E-state index is 12.8. The average Bonchev–Trinajstić information content (AvgIpc) is 2.74. The van der Waals surface area contributed by atoms with Gasteiger partial charge in [-0.05, 0) is 37.9 Å². The van der Waals surface area contributed by atoms with Crippen molar-refractivity contribution in [1.82, 2.24) is 14.8 Å². The summed E-state index contributed by atoms with van der Waals surface area (Å²) in [6.45, 7) is 3.16. The molecule has 2 aromatic rings. The van der Waals surface area contributed by atoms with Crippen molar-refractivity contribution in [3.8, 4) is 17.2 Å². The van der Waals surface area contributed by atoms with Crippen molar-refractivity contribution in [1.29, 1.82) is 0 Å². The first kappa shape index (κ1) is 18.6. The highest BCUT2D eigenvalue weighted by Crippen LogP contribution is 2.28. The zero-order valence-corrected chi connectivity index (χ0v) is 16.2. The van der Waals surface area contributed by atoms with Crippen LogP contribution >= 0.6 is 0 Å². The minimum Gasteiger partial charge on any atom is -0.497 e. The largest absolute Gasteiger partial charge is 0.497 e. The van der Waals surface area contributed by atoms with Gasteiger partial charge in [0, 0.05) is 43.0 Å². The Morgan fingerprint density at radius 2 is 1.75 bits per heavy atom. The number of carbonyl (C=O) groups is 1. The number of ether oxygens (including phenoxy) is 2. The molecule has 0 spiro atoms. The fraction of sp³-hybridized carbons (Fsp3) is 0.429. The van der Waals surface area contributed by atoms with Gasteiger partial charge in [0.2, 0.25) is 0 Å². The number of fused-ring (bicyclic) bond motifs is 3. The number of carbonyl (C=O) groups excluding carboxylic acids is 1. The third kappa shape index (κ3) is 3.62. The van der Waals surface area contributed by atoms with E-state index < -0.39 is 0 Å². The zero-order chi connectivity index (χ0) is 19.7. The van der Waals surface area contributed by atoms with Gasteiger partial charge in [-0.2, -0.15) is 0 Å². The Kier molecular flexibility index (Phi) is 5.09. The van der Waals surface area contributed by atoms with E-state index in [1.165, 1.54) is 10.6 Å². The topological polar surface area (TPSA) is 72.8 Å². The van der Waals surface area contributed by atoms with Crippen LogP contribution in [-0.4, -0.2) is 55.3 Å². The number of hydrogen-bond acceptors (Lipinski definition) is 5. The Labute approximate surface area is 163 Å². The number of pyridine rings is 1. The molecule has 4 heterocycles. The molecule has 3 aliphatic rings. The molecular formula is C21H25N3O4. The summed E-state index contributed by atoms with van der Waals surface area (Å²) in [4.78, 5) is 27.7. The van der Waals surface area contributed by atoms with E-state index in [9.17, 15) is 9.59 Å². The second-order valence-corrected chi connectivity index (χ2v) is 7.41. The van der Waals surface area contributed by atoms with Crippen LogP contribution in [0.4, 0.5) is 0 Å². The van der Waals surface area contributed by atoms with Gasteiger partial charge in [0.25, 0.3) is 11.5 Å². The lowest BCUT2D eigenvalue weighted by atomic mass is 9.84. The predicted molar refractivity (Wildman–Crippen MR) is 106 cm³/mol. The Bertz CT molecular complexity index is 909. The monoisotopic (exact) mass is 383 g/mol. The van der Waals surface area contributed by atoms with E-state index in [0.29, 0.717) is 28.7 Å². The van der Waals surface area contributed by atoms with E-state index in [4.69, 9.17) is 9.47 Å². The zero-order valence-electron chi connectivity index (χ0n) is 16.2. The molecule has 0 radical (unpaired) electrons. The second-order valence-electron chi connectivity index (χ2n) is 7.41. The van der Waals surface area contributed by atoms with Gasteiger partial charge in [0.1, 0.15) is 11.5 Å². The minimum absolute atomic E-state index is 0.151. The van der Waals surface area contributed by atoms with Crippen LogP contribution < -0.4 is 20.3 Å². The van der Waals surface area contributed by atoms with Crippen molar-refractivity contribution in [2.45, 2.75) is 18.9 Å². The maximum absolute atomic E-state index is 12.8.